The van der Waals surface area contributed by atoms with Crippen LogP contribution in [0.1, 0.15) is 6.92 Å². The number of carbonyl (C=O) groups excluding carboxylic acids is 1. The van der Waals surface area contributed by atoms with Gasteiger partial charge in [0, 0.05) is 6.92 Å². The van der Waals surface area contributed by atoms with Crippen LogP contribution in [0, 0.1) is 0 Å². The third-order valence-corrected chi connectivity index (χ3v) is 3.79. The van der Waals surface area contributed by atoms with E-state index in [1.54, 1.807) is 0 Å². The summed E-state index contributed by atoms with van der Waals surface area (Å²) in [5, 5.41) is 1.31. The van der Waals surface area contributed by atoms with Crippen molar-refractivity contribution < 1.29 is 9.53 Å². The molecular formula is C9H6ClNO2S2. The highest BCUT2D eigenvalue weighted by atomic mass is 35.5. The van der Waals surface area contributed by atoms with E-state index >= 15 is 0 Å². The van der Waals surface area contributed by atoms with Crippen LogP contribution in [-0.4, -0.2) is 11.0 Å². The van der Waals surface area contributed by atoms with Gasteiger partial charge in [-0.05, 0) is 12.1 Å². The topological polar surface area (TPSA) is 39.2 Å². The Morgan fingerprint density at radius 2 is 2.27 bits per heavy atom. The number of thiophene rings is 1. The number of carbonyl (C=O) groups is 1. The summed E-state index contributed by atoms with van der Waals surface area (Å²) in [5.41, 5.74) is 0. The molecule has 0 N–H and O–H groups in total. The lowest BCUT2D eigenvalue weighted by molar-refractivity contribution is -0.131. The Morgan fingerprint density at radius 3 is 2.87 bits per heavy atom. The Hall–Kier alpha value is -0.910. The van der Waals surface area contributed by atoms with Crippen molar-refractivity contribution in [2.75, 3.05) is 0 Å². The molecule has 0 amide bonds. The molecule has 0 radical (unpaired) electrons. The average molecular weight is 260 g/mol. The van der Waals surface area contributed by atoms with Crippen LogP contribution in [0.15, 0.2) is 18.3 Å². The average Bonchev–Trinajstić information content (AvgIpc) is 2.72. The summed E-state index contributed by atoms with van der Waals surface area (Å²) < 4.78 is 5.63. The van der Waals surface area contributed by atoms with Gasteiger partial charge < -0.3 is 4.74 Å². The Bertz CT molecular complexity index is 492. The van der Waals surface area contributed by atoms with Crippen LogP contribution in [-0.2, 0) is 4.79 Å². The fourth-order valence-electron chi connectivity index (χ4n) is 0.991. The molecule has 2 aromatic heterocycles. The number of thiazole rings is 1. The zero-order valence-corrected chi connectivity index (χ0v) is 10.1. The van der Waals surface area contributed by atoms with Gasteiger partial charge in [-0.2, -0.15) is 0 Å². The Kier molecular flexibility index (Phi) is 3.04. The van der Waals surface area contributed by atoms with E-state index in [2.05, 4.69) is 4.98 Å². The normalized spacial score (nSPS) is 10.3. The molecule has 0 saturated heterocycles. The van der Waals surface area contributed by atoms with Crippen LogP contribution in [0.3, 0.4) is 0 Å². The van der Waals surface area contributed by atoms with Gasteiger partial charge in [0.15, 0.2) is 0 Å². The van der Waals surface area contributed by atoms with Crippen LogP contribution < -0.4 is 4.74 Å². The second-order valence-corrected chi connectivity index (χ2v) is 5.39. The first-order valence-corrected chi connectivity index (χ1v) is 6.06. The minimum absolute atomic E-state index is 0.339. The molecule has 0 unspecified atom stereocenters. The van der Waals surface area contributed by atoms with E-state index in [4.69, 9.17) is 16.3 Å². The van der Waals surface area contributed by atoms with Crippen LogP contribution >= 0.6 is 34.3 Å². The molecule has 0 aliphatic heterocycles. The van der Waals surface area contributed by atoms with E-state index in [0.717, 1.165) is 9.88 Å². The molecule has 6 heteroatoms. The van der Waals surface area contributed by atoms with E-state index in [1.165, 1.54) is 35.8 Å². The number of esters is 1. The predicted molar refractivity (Wildman–Crippen MR) is 61.7 cm³/mol. The zero-order valence-electron chi connectivity index (χ0n) is 7.69. The quantitative estimate of drug-likeness (QED) is 0.776. The number of hydrogen-bond donors (Lipinski definition) is 0. The molecule has 2 aromatic rings. The zero-order chi connectivity index (χ0) is 10.8. The first-order chi connectivity index (χ1) is 7.15. The van der Waals surface area contributed by atoms with Gasteiger partial charge in [0.05, 0.1) is 15.4 Å². The summed E-state index contributed by atoms with van der Waals surface area (Å²) in [7, 11) is 0. The number of nitrogens with zero attached hydrogens (tertiary/aromatic N) is 1. The Morgan fingerprint density at radius 1 is 1.47 bits per heavy atom. The van der Waals surface area contributed by atoms with Crippen molar-refractivity contribution in [2.45, 2.75) is 6.92 Å². The van der Waals surface area contributed by atoms with Gasteiger partial charge >= 0.3 is 5.97 Å². The molecule has 0 bridgehead atoms. The van der Waals surface area contributed by atoms with Crippen molar-refractivity contribution in [3.63, 3.8) is 0 Å². The molecule has 2 rings (SSSR count). The molecule has 0 aliphatic carbocycles. The third-order valence-electron chi connectivity index (χ3n) is 1.51. The van der Waals surface area contributed by atoms with Crippen LogP contribution in [0.5, 0.6) is 5.06 Å². The van der Waals surface area contributed by atoms with Crippen molar-refractivity contribution in [1.29, 1.82) is 0 Å². The van der Waals surface area contributed by atoms with E-state index in [-0.39, 0.29) is 5.97 Å². The van der Waals surface area contributed by atoms with Crippen LogP contribution in [0.4, 0.5) is 0 Å². The Balaban J connectivity index is 2.23. The SMILES string of the molecule is CC(=O)Oc1cnc(-c2ccc(Cl)s2)s1. The summed E-state index contributed by atoms with van der Waals surface area (Å²) in [4.78, 5) is 15.8. The molecular weight excluding hydrogens is 254 g/mol. The third kappa shape index (κ3) is 2.56. The smallest absolute Gasteiger partial charge is 0.308 e. The summed E-state index contributed by atoms with van der Waals surface area (Å²) in [5.74, 6) is -0.339. The van der Waals surface area contributed by atoms with Crippen molar-refractivity contribution >= 4 is 40.2 Å². The van der Waals surface area contributed by atoms with Gasteiger partial charge in [-0.15, -0.1) is 11.3 Å². The lowest BCUT2D eigenvalue weighted by Gasteiger charge is -1.92. The monoisotopic (exact) mass is 259 g/mol. The first kappa shape index (κ1) is 10.6. The molecule has 0 atom stereocenters. The molecule has 3 nitrogen and oxygen atoms in total. The molecule has 15 heavy (non-hydrogen) atoms. The predicted octanol–water partition coefficient (Wildman–Crippen LogP) is 3.45. The second kappa shape index (κ2) is 4.30. The second-order valence-electron chi connectivity index (χ2n) is 2.68. The maximum absolute atomic E-state index is 10.7. The van der Waals surface area contributed by atoms with Gasteiger partial charge in [-0.25, -0.2) is 4.98 Å². The summed E-state index contributed by atoms with van der Waals surface area (Å²) >= 11 is 8.58. The van der Waals surface area contributed by atoms with E-state index in [0.29, 0.717) is 9.40 Å². The van der Waals surface area contributed by atoms with Crippen molar-refractivity contribution in [2.24, 2.45) is 0 Å². The van der Waals surface area contributed by atoms with E-state index < -0.39 is 0 Å². The highest BCUT2D eigenvalue weighted by Gasteiger charge is 2.08. The van der Waals surface area contributed by atoms with Crippen LogP contribution in [0.2, 0.25) is 4.34 Å². The minimum Gasteiger partial charge on any atom is -0.414 e. The van der Waals surface area contributed by atoms with Crippen molar-refractivity contribution in [3.8, 4) is 14.9 Å². The maximum Gasteiger partial charge on any atom is 0.308 e. The molecule has 0 aliphatic rings. The number of rotatable bonds is 2. The molecule has 2 heterocycles. The van der Waals surface area contributed by atoms with Gasteiger partial charge in [0.1, 0.15) is 5.01 Å². The number of ether oxygens (including phenoxy) is 1. The Labute approximate surface area is 99.3 Å². The highest BCUT2D eigenvalue weighted by Crippen LogP contribution is 2.35. The maximum atomic E-state index is 10.7. The van der Waals surface area contributed by atoms with E-state index in [1.807, 2.05) is 12.1 Å². The standard InChI is InChI=1S/C9H6ClNO2S2/c1-5(12)13-8-4-11-9(15-8)6-2-3-7(10)14-6/h2-4H,1H3. The fourth-order valence-corrected chi connectivity index (χ4v) is 2.90. The van der Waals surface area contributed by atoms with E-state index in [9.17, 15) is 4.79 Å². The van der Waals surface area contributed by atoms with Crippen molar-refractivity contribution in [1.82, 2.24) is 4.98 Å². The molecule has 0 saturated carbocycles. The molecule has 78 valence electrons. The lowest BCUT2D eigenvalue weighted by atomic mass is 10.5. The molecule has 0 spiro atoms. The summed E-state index contributed by atoms with van der Waals surface area (Å²) in [6, 6.07) is 3.71. The summed E-state index contributed by atoms with van der Waals surface area (Å²) in [6.07, 6.45) is 1.54. The number of hydrogen-bond acceptors (Lipinski definition) is 5. The van der Waals surface area contributed by atoms with Crippen LogP contribution in [0.25, 0.3) is 9.88 Å². The fraction of sp³-hybridized carbons (Fsp3) is 0.111. The minimum atomic E-state index is -0.339. The van der Waals surface area contributed by atoms with Gasteiger partial charge in [-0.3, -0.25) is 4.79 Å². The van der Waals surface area contributed by atoms with Gasteiger partial charge in [0.2, 0.25) is 5.06 Å². The molecule has 0 aromatic carbocycles. The summed E-state index contributed by atoms with van der Waals surface area (Å²) in [6.45, 7) is 1.36. The largest absolute Gasteiger partial charge is 0.414 e. The number of aromatic nitrogens is 1. The van der Waals surface area contributed by atoms with Gasteiger partial charge in [-0.1, -0.05) is 22.9 Å². The highest BCUT2D eigenvalue weighted by molar-refractivity contribution is 7.24. The number of halogens is 1. The lowest BCUT2D eigenvalue weighted by Crippen LogP contribution is -1.98. The van der Waals surface area contributed by atoms with Crippen molar-refractivity contribution in [3.05, 3.63) is 22.7 Å². The van der Waals surface area contributed by atoms with Gasteiger partial charge in [0.25, 0.3) is 0 Å². The molecule has 0 fully saturated rings. The first-order valence-electron chi connectivity index (χ1n) is 4.05.